The first kappa shape index (κ1) is 19.4. The molecular weight excluding hydrogens is 342 g/mol. The predicted molar refractivity (Wildman–Crippen MR) is 104 cm³/mol. The third-order valence-corrected chi connectivity index (χ3v) is 5.20. The maximum atomic E-state index is 12.5. The summed E-state index contributed by atoms with van der Waals surface area (Å²) < 4.78 is 7.10. The fourth-order valence-corrected chi connectivity index (χ4v) is 3.61. The van der Waals surface area contributed by atoms with E-state index in [0.717, 1.165) is 38.2 Å². The van der Waals surface area contributed by atoms with Gasteiger partial charge in [-0.1, -0.05) is 17.3 Å². The lowest BCUT2D eigenvalue weighted by Crippen LogP contribution is -2.36. The zero-order chi connectivity index (χ0) is 19.2. The molecule has 7 nitrogen and oxygen atoms in total. The molecule has 1 aromatic carbocycles. The highest BCUT2D eigenvalue weighted by molar-refractivity contribution is 5.91. The van der Waals surface area contributed by atoms with Gasteiger partial charge in [0, 0.05) is 26.2 Å². The van der Waals surface area contributed by atoms with Gasteiger partial charge in [0.25, 0.3) is 5.91 Å². The minimum Gasteiger partial charge on any atom is -0.497 e. The molecule has 1 aliphatic rings. The van der Waals surface area contributed by atoms with Crippen molar-refractivity contribution in [2.24, 2.45) is 0 Å². The second kappa shape index (κ2) is 8.99. The van der Waals surface area contributed by atoms with Crippen LogP contribution < -0.4 is 4.74 Å². The summed E-state index contributed by atoms with van der Waals surface area (Å²) in [4.78, 5) is 16.7. The standard InChI is InChI=1S/C20H29N5O2/c1-4-24(5-2)20(26)19-15-25(22-21-19)17-7-6-12-23(14-17)13-16-8-10-18(27-3)11-9-16/h8-11,15,17H,4-7,12-14H2,1-3H3/t17-/m1/s1. The van der Waals surface area contributed by atoms with Gasteiger partial charge in [0.05, 0.1) is 19.3 Å². The molecule has 1 saturated heterocycles. The van der Waals surface area contributed by atoms with Crippen molar-refractivity contribution in [3.8, 4) is 5.75 Å². The molecule has 1 fully saturated rings. The highest BCUT2D eigenvalue weighted by Crippen LogP contribution is 2.23. The number of ether oxygens (including phenoxy) is 1. The van der Waals surface area contributed by atoms with Gasteiger partial charge < -0.3 is 9.64 Å². The normalized spacial score (nSPS) is 17.7. The molecule has 0 radical (unpaired) electrons. The Bertz CT molecular complexity index is 739. The van der Waals surface area contributed by atoms with E-state index in [0.29, 0.717) is 18.8 Å². The van der Waals surface area contributed by atoms with Crippen molar-refractivity contribution < 1.29 is 9.53 Å². The van der Waals surface area contributed by atoms with Crippen LogP contribution in [0.2, 0.25) is 0 Å². The Balaban J connectivity index is 1.63. The van der Waals surface area contributed by atoms with Crippen LogP contribution in [0.15, 0.2) is 30.5 Å². The number of rotatable bonds is 7. The molecule has 0 saturated carbocycles. The van der Waals surface area contributed by atoms with Crippen molar-refractivity contribution in [1.82, 2.24) is 24.8 Å². The van der Waals surface area contributed by atoms with E-state index in [4.69, 9.17) is 4.74 Å². The van der Waals surface area contributed by atoms with E-state index < -0.39 is 0 Å². The molecule has 2 heterocycles. The van der Waals surface area contributed by atoms with Gasteiger partial charge in [-0.15, -0.1) is 5.10 Å². The second-order valence-corrected chi connectivity index (χ2v) is 6.94. The molecule has 0 spiro atoms. The van der Waals surface area contributed by atoms with Crippen molar-refractivity contribution in [3.63, 3.8) is 0 Å². The Kier molecular flexibility index (Phi) is 6.45. The lowest BCUT2D eigenvalue weighted by molar-refractivity contribution is 0.0767. The fraction of sp³-hybridized carbons (Fsp3) is 0.550. The van der Waals surface area contributed by atoms with Crippen LogP contribution in [0.5, 0.6) is 5.75 Å². The molecule has 0 N–H and O–H groups in total. The fourth-order valence-electron chi connectivity index (χ4n) is 3.61. The number of benzene rings is 1. The zero-order valence-electron chi connectivity index (χ0n) is 16.5. The molecule has 1 aromatic heterocycles. The number of aromatic nitrogens is 3. The highest BCUT2D eigenvalue weighted by Gasteiger charge is 2.24. The first-order chi connectivity index (χ1) is 13.1. The minimum absolute atomic E-state index is 0.0443. The number of amides is 1. The smallest absolute Gasteiger partial charge is 0.276 e. The summed E-state index contributed by atoms with van der Waals surface area (Å²) in [7, 11) is 1.68. The Hall–Kier alpha value is -2.41. The lowest BCUT2D eigenvalue weighted by atomic mass is 10.0. The van der Waals surface area contributed by atoms with Crippen LogP contribution in [-0.4, -0.2) is 64.0 Å². The minimum atomic E-state index is -0.0443. The SMILES string of the molecule is CCN(CC)C(=O)c1cn([C@@H]2CCCN(Cc3ccc(OC)cc3)C2)nn1. The summed E-state index contributed by atoms with van der Waals surface area (Å²) in [6, 6.07) is 8.47. The van der Waals surface area contributed by atoms with Crippen molar-refractivity contribution in [2.75, 3.05) is 33.3 Å². The van der Waals surface area contributed by atoms with Crippen molar-refractivity contribution in [2.45, 2.75) is 39.3 Å². The van der Waals surface area contributed by atoms with E-state index in [1.54, 1.807) is 12.0 Å². The third-order valence-electron chi connectivity index (χ3n) is 5.20. The number of carbonyl (C=O) groups excluding carboxylic acids is 1. The van der Waals surface area contributed by atoms with Crippen LogP contribution in [0.4, 0.5) is 0 Å². The third kappa shape index (κ3) is 4.66. The Morgan fingerprint density at radius 3 is 2.67 bits per heavy atom. The van der Waals surface area contributed by atoms with Crippen LogP contribution in [0.3, 0.4) is 0 Å². The quantitative estimate of drug-likeness (QED) is 0.749. The van der Waals surface area contributed by atoms with Crippen molar-refractivity contribution in [1.29, 1.82) is 0 Å². The molecule has 1 aliphatic heterocycles. The molecule has 1 atom stereocenters. The first-order valence-corrected chi connectivity index (χ1v) is 9.71. The molecule has 1 amide bonds. The number of hydrogen-bond donors (Lipinski definition) is 0. The number of carbonyl (C=O) groups is 1. The molecule has 2 aromatic rings. The van der Waals surface area contributed by atoms with E-state index in [9.17, 15) is 4.79 Å². The summed E-state index contributed by atoms with van der Waals surface area (Å²) in [6.45, 7) is 8.20. The van der Waals surface area contributed by atoms with Crippen LogP contribution >= 0.6 is 0 Å². The van der Waals surface area contributed by atoms with Gasteiger partial charge in [-0.3, -0.25) is 9.69 Å². The summed E-state index contributed by atoms with van der Waals surface area (Å²) in [5, 5.41) is 8.38. The maximum absolute atomic E-state index is 12.5. The number of hydrogen-bond acceptors (Lipinski definition) is 5. The molecule has 27 heavy (non-hydrogen) atoms. The monoisotopic (exact) mass is 371 g/mol. The van der Waals surface area contributed by atoms with Gasteiger partial charge >= 0.3 is 0 Å². The average molecular weight is 371 g/mol. The highest BCUT2D eigenvalue weighted by atomic mass is 16.5. The van der Waals surface area contributed by atoms with Gasteiger partial charge in [-0.2, -0.15) is 0 Å². The molecule has 0 bridgehead atoms. The Labute approximate surface area is 160 Å². The number of nitrogens with zero attached hydrogens (tertiary/aromatic N) is 5. The summed E-state index contributed by atoms with van der Waals surface area (Å²) >= 11 is 0. The van der Waals surface area contributed by atoms with Crippen LogP contribution in [0.1, 0.15) is 48.8 Å². The van der Waals surface area contributed by atoms with E-state index >= 15 is 0 Å². The lowest BCUT2D eigenvalue weighted by Gasteiger charge is -2.32. The Morgan fingerprint density at radius 1 is 1.26 bits per heavy atom. The van der Waals surface area contributed by atoms with Crippen LogP contribution in [0.25, 0.3) is 0 Å². The Morgan fingerprint density at radius 2 is 2.00 bits per heavy atom. The van der Waals surface area contributed by atoms with Crippen LogP contribution in [-0.2, 0) is 6.54 Å². The van der Waals surface area contributed by atoms with Crippen molar-refractivity contribution >= 4 is 5.91 Å². The first-order valence-electron chi connectivity index (χ1n) is 9.71. The summed E-state index contributed by atoms with van der Waals surface area (Å²) in [6.07, 6.45) is 3.98. The molecule has 146 valence electrons. The molecule has 0 unspecified atom stereocenters. The molecule has 3 rings (SSSR count). The van der Waals surface area contributed by atoms with E-state index in [2.05, 4.69) is 27.3 Å². The number of methoxy groups -OCH3 is 1. The molecule has 7 heteroatoms. The van der Waals surface area contributed by atoms with Gasteiger partial charge in [-0.05, 0) is 50.9 Å². The van der Waals surface area contributed by atoms with Crippen molar-refractivity contribution in [3.05, 3.63) is 41.7 Å². The van der Waals surface area contributed by atoms with Gasteiger partial charge in [0.1, 0.15) is 5.75 Å². The van der Waals surface area contributed by atoms with Gasteiger partial charge in [0.15, 0.2) is 5.69 Å². The molecular formula is C20H29N5O2. The van der Waals surface area contributed by atoms with Gasteiger partial charge in [-0.25, -0.2) is 4.68 Å². The number of likely N-dealkylation sites (tertiary alicyclic amines) is 1. The largest absolute Gasteiger partial charge is 0.497 e. The van der Waals surface area contributed by atoms with E-state index in [-0.39, 0.29) is 11.9 Å². The van der Waals surface area contributed by atoms with E-state index in [1.807, 2.05) is 36.9 Å². The summed E-state index contributed by atoms with van der Waals surface area (Å²) in [5.74, 6) is 0.834. The number of piperidine rings is 1. The topological polar surface area (TPSA) is 63.5 Å². The zero-order valence-corrected chi connectivity index (χ0v) is 16.5. The maximum Gasteiger partial charge on any atom is 0.276 e. The molecule has 0 aliphatic carbocycles. The average Bonchev–Trinajstić information content (AvgIpc) is 3.20. The van der Waals surface area contributed by atoms with Crippen LogP contribution in [0, 0.1) is 0 Å². The summed E-state index contributed by atoms with van der Waals surface area (Å²) in [5.41, 5.74) is 1.71. The second-order valence-electron chi connectivity index (χ2n) is 6.94. The predicted octanol–water partition coefficient (Wildman–Crippen LogP) is 2.61. The van der Waals surface area contributed by atoms with E-state index in [1.165, 1.54) is 5.56 Å². The van der Waals surface area contributed by atoms with Gasteiger partial charge in [0.2, 0.25) is 0 Å².